The molecule has 0 radical (unpaired) electrons. The summed E-state index contributed by atoms with van der Waals surface area (Å²) in [6.07, 6.45) is 1.65. The summed E-state index contributed by atoms with van der Waals surface area (Å²) in [5.74, 6) is -0.123. The Morgan fingerprint density at radius 1 is 1.69 bits per heavy atom. The SMILES string of the molecule is C=CCNC(=O)c1nc(C)sc1C. The normalized spacial score (nSPS) is 9.69. The molecule has 0 fully saturated rings. The van der Waals surface area contributed by atoms with Gasteiger partial charge in [-0.1, -0.05) is 6.08 Å². The Morgan fingerprint density at radius 3 is 2.85 bits per heavy atom. The van der Waals surface area contributed by atoms with Gasteiger partial charge in [0, 0.05) is 11.4 Å². The number of carbonyl (C=O) groups is 1. The highest BCUT2D eigenvalue weighted by Gasteiger charge is 2.12. The zero-order valence-electron chi connectivity index (χ0n) is 7.76. The number of nitrogens with one attached hydrogen (secondary N) is 1. The van der Waals surface area contributed by atoms with E-state index in [1.165, 1.54) is 11.3 Å². The molecule has 0 aromatic carbocycles. The van der Waals surface area contributed by atoms with E-state index in [1.54, 1.807) is 6.08 Å². The van der Waals surface area contributed by atoms with Crippen molar-refractivity contribution in [3.63, 3.8) is 0 Å². The van der Waals surface area contributed by atoms with Gasteiger partial charge in [0.25, 0.3) is 5.91 Å². The number of hydrogen-bond acceptors (Lipinski definition) is 3. The highest BCUT2D eigenvalue weighted by atomic mass is 32.1. The van der Waals surface area contributed by atoms with Crippen molar-refractivity contribution in [2.45, 2.75) is 13.8 Å². The molecule has 4 heteroatoms. The van der Waals surface area contributed by atoms with E-state index >= 15 is 0 Å². The zero-order chi connectivity index (χ0) is 9.84. The van der Waals surface area contributed by atoms with Crippen molar-refractivity contribution in [2.75, 3.05) is 6.54 Å². The lowest BCUT2D eigenvalue weighted by Crippen LogP contribution is -2.24. The minimum atomic E-state index is -0.123. The van der Waals surface area contributed by atoms with Gasteiger partial charge in [-0.25, -0.2) is 4.98 Å². The van der Waals surface area contributed by atoms with Gasteiger partial charge in [-0.05, 0) is 13.8 Å². The van der Waals surface area contributed by atoms with Crippen LogP contribution < -0.4 is 5.32 Å². The number of nitrogens with zero attached hydrogens (tertiary/aromatic N) is 1. The van der Waals surface area contributed by atoms with Crippen molar-refractivity contribution in [3.8, 4) is 0 Å². The molecule has 0 saturated carbocycles. The van der Waals surface area contributed by atoms with Crippen LogP contribution in [0.5, 0.6) is 0 Å². The number of thiazole rings is 1. The summed E-state index contributed by atoms with van der Waals surface area (Å²) in [6.45, 7) is 7.79. The van der Waals surface area contributed by atoms with Gasteiger partial charge in [-0.15, -0.1) is 17.9 Å². The molecule has 13 heavy (non-hydrogen) atoms. The highest BCUT2D eigenvalue weighted by molar-refractivity contribution is 7.11. The van der Waals surface area contributed by atoms with E-state index in [2.05, 4.69) is 16.9 Å². The molecule has 1 aromatic heterocycles. The first kappa shape index (κ1) is 9.92. The fourth-order valence-corrected chi connectivity index (χ4v) is 1.80. The summed E-state index contributed by atoms with van der Waals surface area (Å²) in [5, 5.41) is 3.61. The lowest BCUT2D eigenvalue weighted by Gasteiger charge is -1.98. The predicted molar refractivity (Wildman–Crippen MR) is 54.1 cm³/mol. The summed E-state index contributed by atoms with van der Waals surface area (Å²) >= 11 is 1.53. The molecule has 0 aliphatic rings. The second kappa shape index (κ2) is 4.18. The van der Waals surface area contributed by atoms with E-state index < -0.39 is 0 Å². The van der Waals surface area contributed by atoms with Crippen molar-refractivity contribution in [2.24, 2.45) is 0 Å². The van der Waals surface area contributed by atoms with Crippen LogP contribution in [0.3, 0.4) is 0 Å². The van der Waals surface area contributed by atoms with Crippen molar-refractivity contribution in [1.29, 1.82) is 0 Å². The van der Waals surface area contributed by atoms with Crippen LogP contribution in [0.25, 0.3) is 0 Å². The highest BCUT2D eigenvalue weighted by Crippen LogP contribution is 2.15. The van der Waals surface area contributed by atoms with Crippen LogP contribution in [-0.2, 0) is 0 Å². The molecule has 0 bridgehead atoms. The van der Waals surface area contributed by atoms with Crippen LogP contribution in [0.15, 0.2) is 12.7 Å². The van der Waals surface area contributed by atoms with Crippen LogP contribution in [0.1, 0.15) is 20.4 Å². The molecule has 0 aliphatic heterocycles. The number of aromatic nitrogens is 1. The Morgan fingerprint density at radius 2 is 2.38 bits per heavy atom. The molecular formula is C9H12N2OS. The Balaban J connectivity index is 2.76. The summed E-state index contributed by atoms with van der Waals surface area (Å²) in [6, 6.07) is 0. The summed E-state index contributed by atoms with van der Waals surface area (Å²) < 4.78 is 0. The second-order valence-electron chi connectivity index (χ2n) is 2.64. The zero-order valence-corrected chi connectivity index (χ0v) is 8.57. The van der Waals surface area contributed by atoms with E-state index in [0.717, 1.165) is 9.88 Å². The van der Waals surface area contributed by atoms with Crippen LogP contribution in [0.4, 0.5) is 0 Å². The third-order valence-electron chi connectivity index (χ3n) is 1.53. The van der Waals surface area contributed by atoms with E-state index in [0.29, 0.717) is 12.2 Å². The largest absolute Gasteiger partial charge is 0.347 e. The number of amides is 1. The molecular weight excluding hydrogens is 184 g/mol. The van der Waals surface area contributed by atoms with E-state index in [9.17, 15) is 4.79 Å². The molecule has 1 rings (SSSR count). The summed E-state index contributed by atoms with van der Waals surface area (Å²) in [4.78, 5) is 16.5. The lowest BCUT2D eigenvalue weighted by molar-refractivity contribution is 0.0953. The van der Waals surface area contributed by atoms with Gasteiger partial charge in [0.15, 0.2) is 0 Å². The first-order chi connectivity index (χ1) is 6.15. The predicted octanol–water partition coefficient (Wildman–Crippen LogP) is 1.68. The number of rotatable bonds is 3. The van der Waals surface area contributed by atoms with Crippen molar-refractivity contribution in [1.82, 2.24) is 10.3 Å². The van der Waals surface area contributed by atoms with Gasteiger partial charge in [-0.2, -0.15) is 0 Å². The molecule has 3 nitrogen and oxygen atoms in total. The first-order valence-electron chi connectivity index (χ1n) is 3.98. The third-order valence-corrected chi connectivity index (χ3v) is 2.41. The van der Waals surface area contributed by atoms with Crippen molar-refractivity contribution < 1.29 is 4.79 Å². The first-order valence-corrected chi connectivity index (χ1v) is 4.80. The minimum Gasteiger partial charge on any atom is -0.347 e. The fraction of sp³-hybridized carbons (Fsp3) is 0.333. The molecule has 0 spiro atoms. The van der Waals surface area contributed by atoms with Gasteiger partial charge < -0.3 is 5.32 Å². The molecule has 1 amide bonds. The van der Waals surface area contributed by atoms with E-state index in [-0.39, 0.29) is 5.91 Å². The van der Waals surface area contributed by atoms with E-state index in [1.807, 2.05) is 13.8 Å². The maximum atomic E-state index is 11.4. The molecule has 70 valence electrons. The Bertz CT molecular complexity index is 330. The molecule has 0 atom stereocenters. The summed E-state index contributed by atoms with van der Waals surface area (Å²) in [5.41, 5.74) is 0.532. The van der Waals surface area contributed by atoms with Crippen LogP contribution in [0.2, 0.25) is 0 Å². The minimum absolute atomic E-state index is 0.123. The molecule has 0 aliphatic carbocycles. The molecule has 0 saturated heterocycles. The van der Waals surface area contributed by atoms with Gasteiger partial charge in [-0.3, -0.25) is 4.79 Å². The standard InChI is InChI=1S/C9H12N2OS/c1-4-5-10-9(12)8-6(2)13-7(3)11-8/h4H,1,5H2,2-3H3,(H,10,12). The number of carbonyl (C=O) groups excluding carboxylic acids is 1. The maximum Gasteiger partial charge on any atom is 0.271 e. The van der Waals surface area contributed by atoms with Crippen molar-refractivity contribution in [3.05, 3.63) is 28.2 Å². The van der Waals surface area contributed by atoms with E-state index in [4.69, 9.17) is 0 Å². The van der Waals surface area contributed by atoms with Gasteiger partial charge in [0.1, 0.15) is 5.69 Å². The van der Waals surface area contributed by atoms with Crippen LogP contribution in [0, 0.1) is 13.8 Å². The molecule has 1 heterocycles. The Kier molecular flexibility index (Phi) is 3.19. The molecule has 1 N–H and O–H groups in total. The van der Waals surface area contributed by atoms with Gasteiger partial charge >= 0.3 is 0 Å². The quantitative estimate of drug-likeness (QED) is 0.747. The second-order valence-corrected chi connectivity index (χ2v) is 4.04. The Hall–Kier alpha value is -1.16. The average molecular weight is 196 g/mol. The maximum absolute atomic E-state index is 11.4. The van der Waals surface area contributed by atoms with Gasteiger partial charge in [0.2, 0.25) is 0 Å². The average Bonchev–Trinajstić information content (AvgIpc) is 2.41. The Labute approximate surface area is 81.5 Å². The third kappa shape index (κ3) is 2.39. The van der Waals surface area contributed by atoms with Gasteiger partial charge in [0.05, 0.1) is 5.01 Å². The lowest BCUT2D eigenvalue weighted by atomic mass is 10.3. The topological polar surface area (TPSA) is 42.0 Å². The number of aryl methyl sites for hydroxylation is 2. The fourth-order valence-electron chi connectivity index (χ4n) is 0.988. The monoisotopic (exact) mass is 196 g/mol. The molecule has 0 unspecified atom stereocenters. The smallest absolute Gasteiger partial charge is 0.271 e. The van der Waals surface area contributed by atoms with Crippen LogP contribution in [-0.4, -0.2) is 17.4 Å². The van der Waals surface area contributed by atoms with Crippen LogP contribution >= 0.6 is 11.3 Å². The molecule has 1 aromatic rings. The van der Waals surface area contributed by atoms with Crippen molar-refractivity contribution >= 4 is 17.2 Å². The summed E-state index contributed by atoms with van der Waals surface area (Å²) in [7, 11) is 0. The number of hydrogen-bond donors (Lipinski definition) is 1.